The second-order valence-corrected chi connectivity index (χ2v) is 5.27. The third-order valence-corrected chi connectivity index (χ3v) is 3.89. The molecule has 1 fully saturated rings. The molecule has 0 spiro atoms. The van der Waals surface area contributed by atoms with Gasteiger partial charge in [-0.1, -0.05) is 0 Å². The molecule has 0 N–H and O–H groups in total. The molecule has 4 heteroatoms. The molecule has 2 heterocycles. The molecule has 106 valence electrons. The first-order chi connectivity index (χ1) is 9.70. The Morgan fingerprint density at radius 3 is 2.70 bits per heavy atom. The van der Waals surface area contributed by atoms with E-state index in [2.05, 4.69) is 4.90 Å². The molecule has 2 aromatic rings. The number of ether oxygens (including phenoxy) is 1. The van der Waals surface area contributed by atoms with Gasteiger partial charge in [-0.05, 0) is 44.4 Å². The molecule has 0 saturated carbocycles. The maximum absolute atomic E-state index is 11.8. The van der Waals surface area contributed by atoms with E-state index in [4.69, 9.17) is 9.15 Å². The fourth-order valence-electron chi connectivity index (χ4n) is 2.91. The summed E-state index contributed by atoms with van der Waals surface area (Å²) in [6.45, 7) is 4.04. The summed E-state index contributed by atoms with van der Waals surface area (Å²) in [5.41, 5.74) is 2.29. The van der Waals surface area contributed by atoms with E-state index in [1.165, 1.54) is 26.4 Å². The molecule has 0 atom stereocenters. The first-order valence-electron chi connectivity index (χ1n) is 7.07. The Kier molecular flexibility index (Phi) is 3.38. The fraction of sp³-hybridized carbons (Fsp3) is 0.438. The molecule has 0 radical (unpaired) electrons. The van der Waals surface area contributed by atoms with Crippen molar-refractivity contribution in [3.05, 3.63) is 29.5 Å². The van der Waals surface area contributed by atoms with Crippen LogP contribution in [-0.4, -0.2) is 26.2 Å². The highest BCUT2D eigenvalue weighted by atomic mass is 16.5. The molecule has 1 aromatic heterocycles. The van der Waals surface area contributed by atoms with Gasteiger partial charge in [-0.25, -0.2) is 4.79 Å². The number of esters is 1. The first-order valence-corrected chi connectivity index (χ1v) is 7.07. The van der Waals surface area contributed by atoms with Crippen LogP contribution in [0.2, 0.25) is 0 Å². The number of hydrogen-bond donors (Lipinski definition) is 0. The third kappa shape index (κ3) is 2.15. The monoisotopic (exact) mass is 273 g/mol. The van der Waals surface area contributed by atoms with Gasteiger partial charge in [0.2, 0.25) is 0 Å². The Balaban J connectivity index is 2.12. The standard InChI is InChI=1S/C16H19NO3/c1-11-10-13-14(17-8-4-3-5-9-17)7-6-12(15(13)20-11)16(18)19-2/h6-7,10H,3-5,8-9H2,1-2H3. The highest BCUT2D eigenvalue weighted by molar-refractivity contribution is 6.06. The maximum Gasteiger partial charge on any atom is 0.341 e. The molecule has 0 aliphatic carbocycles. The zero-order valence-electron chi connectivity index (χ0n) is 11.9. The number of piperidine rings is 1. The summed E-state index contributed by atoms with van der Waals surface area (Å²) < 4.78 is 10.6. The van der Waals surface area contributed by atoms with Crippen LogP contribution in [0.1, 0.15) is 35.4 Å². The number of carbonyl (C=O) groups excluding carboxylic acids is 1. The SMILES string of the molecule is COC(=O)c1ccc(N2CCCCC2)c2cc(C)oc12. The van der Waals surface area contributed by atoms with Gasteiger partial charge in [0.05, 0.1) is 7.11 Å². The van der Waals surface area contributed by atoms with Crippen LogP contribution >= 0.6 is 0 Å². The van der Waals surface area contributed by atoms with E-state index in [-0.39, 0.29) is 5.97 Å². The number of hydrogen-bond acceptors (Lipinski definition) is 4. The lowest BCUT2D eigenvalue weighted by atomic mass is 10.1. The van der Waals surface area contributed by atoms with Gasteiger partial charge in [0.15, 0.2) is 5.58 Å². The molecule has 20 heavy (non-hydrogen) atoms. The minimum absolute atomic E-state index is 0.352. The van der Waals surface area contributed by atoms with E-state index in [1.807, 2.05) is 19.1 Å². The van der Waals surface area contributed by atoms with E-state index < -0.39 is 0 Å². The maximum atomic E-state index is 11.8. The van der Waals surface area contributed by atoms with Crippen molar-refractivity contribution in [2.45, 2.75) is 26.2 Å². The molecule has 0 amide bonds. The molecular weight excluding hydrogens is 254 g/mol. The normalized spacial score (nSPS) is 15.6. The number of aryl methyl sites for hydroxylation is 1. The molecule has 0 bridgehead atoms. The highest BCUT2D eigenvalue weighted by Crippen LogP contribution is 2.33. The number of carbonyl (C=O) groups is 1. The number of benzene rings is 1. The predicted octanol–water partition coefficient (Wildman–Crippen LogP) is 3.52. The summed E-state index contributed by atoms with van der Waals surface area (Å²) >= 11 is 0. The van der Waals surface area contributed by atoms with Crippen LogP contribution < -0.4 is 4.90 Å². The van der Waals surface area contributed by atoms with Gasteiger partial charge in [-0.15, -0.1) is 0 Å². The lowest BCUT2D eigenvalue weighted by Crippen LogP contribution is -2.29. The summed E-state index contributed by atoms with van der Waals surface area (Å²) in [6, 6.07) is 5.82. The predicted molar refractivity (Wildman–Crippen MR) is 78.4 cm³/mol. The molecular formula is C16H19NO3. The van der Waals surface area contributed by atoms with Crippen molar-refractivity contribution in [3.63, 3.8) is 0 Å². The summed E-state index contributed by atoms with van der Waals surface area (Å²) in [7, 11) is 1.39. The zero-order chi connectivity index (χ0) is 14.1. The van der Waals surface area contributed by atoms with E-state index in [0.29, 0.717) is 11.1 Å². The fourth-order valence-corrected chi connectivity index (χ4v) is 2.91. The first kappa shape index (κ1) is 13.0. The quantitative estimate of drug-likeness (QED) is 0.785. The highest BCUT2D eigenvalue weighted by Gasteiger charge is 2.20. The number of nitrogens with zero attached hydrogens (tertiary/aromatic N) is 1. The molecule has 1 aliphatic heterocycles. The van der Waals surface area contributed by atoms with E-state index in [0.717, 1.165) is 29.9 Å². The van der Waals surface area contributed by atoms with Gasteiger partial charge in [0, 0.05) is 24.2 Å². The molecule has 4 nitrogen and oxygen atoms in total. The number of fused-ring (bicyclic) bond motifs is 1. The van der Waals surface area contributed by atoms with Crippen molar-refractivity contribution in [2.24, 2.45) is 0 Å². The molecule has 1 aliphatic rings. The summed E-state index contributed by atoms with van der Waals surface area (Å²) in [5.74, 6) is 0.462. The van der Waals surface area contributed by atoms with E-state index >= 15 is 0 Å². The van der Waals surface area contributed by atoms with E-state index in [9.17, 15) is 4.79 Å². The Bertz CT molecular complexity index is 638. The van der Waals surface area contributed by atoms with Crippen molar-refractivity contribution in [2.75, 3.05) is 25.1 Å². The average Bonchev–Trinajstić information content (AvgIpc) is 2.87. The molecule has 1 saturated heterocycles. The Hall–Kier alpha value is -1.97. The van der Waals surface area contributed by atoms with Crippen LogP contribution in [0.25, 0.3) is 11.0 Å². The summed E-state index contributed by atoms with van der Waals surface area (Å²) in [5, 5.41) is 1.01. The minimum atomic E-state index is -0.352. The van der Waals surface area contributed by atoms with Crippen LogP contribution in [0.15, 0.2) is 22.6 Å². The molecule has 3 rings (SSSR count). The summed E-state index contributed by atoms with van der Waals surface area (Å²) in [4.78, 5) is 14.2. The molecule has 0 unspecified atom stereocenters. The van der Waals surface area contributed by atoms with Crippen molar-refractivity contribution in [3.8, 4) is 0 Å². The smallest absolute Gasteiger partial charge is 0.341 e. The van der Waals surface area contributed by atoms with Crippen LogP contribution in [0.5, 0.6) is 0 Å². The second kappa shape index (κ2) is 5.19. The molecule has 1 aromatic carbocycles. The van der Waals surface area contributed by atoms with Crippen LogP contribution in [0.3, 0.4) is 0 Å². The van der Waals surface area contributed by atoms with Crippen LogP contribution in [0, 0.1) is 6.92 Å². The zero-order valence-corrected chi connectivity index (χ0v) is 11.9. The number of rotatable bonds is 2. The van der Waals surface area contributed by atoms with Gasteiger partial charge in [0.1, 0.15) is 11.3 Å². The lowest BCUT2D eigenvalue weighted by molar-refractivity contribution is 0.0602. The van der Waals surface area contributed by atoms with E-state index in [1.54, 1.807) is 6.07 Å². The van der Waals surface area contributed by atoms with Crippen molar-refractivity contribution >= 4 is 22.6 Å². The van der Waals surface area contributed by atoms with Crippen LogP contribution in [0.4, 0.5) is 5.69 Å². The third-order valence-electron chi connectivity index (χ3n) is 3.89. The topological polar surface area (TPSA) is 42.7 Å². The summed E-state index contributed by atoms with van der Waals surface area (Å²) in [6.07, 6.45) is 3.73. The van der Waals surface area contributed by atoms with Gasteiger partial charge in [0.25, 0.3) is 0 Å². The van der Waals surface area contributed by atoms with Crippen molar-refractivity contribution < 1.29 is 13.9 Å². The average molecular weight is 273 g/mol. The van der Waals surface area contributed by atoms with Crippen molar-refractivity contribution in [1.29, 1.82) is 0 Å². The Morgan fingerprint density at radius 2 is 2.00 bits per heavy atom. The second-order valence-electron chi connectivity index (χ2n) is 5.27. The van der Waals surface area contributed by atoms with Gasteiger partial charge in [-0.2, -0.15) is 0 Å². The lowest BCUT2D eigenvalue weighted by Gasteiger charge is -2.29. The van der Waals surface area contributed by atoms with Crippen LogP contribution in [-0.2, 0) is 4.74 Å². The van der Waals surface area contributed by atoms with Gasteiger partial charge >= 0.3 is 5.97 Å². The number of furan rings is 1. The Morgan fingerprint density at radius 1 is 1.25 bits per heavy atom. The Labute approximate surface area is 118 Å². The van der Waals surface area contributed by atoms with Crippen molar-refractivity contribution in [1.82, 2.24) is 0 Å². The minimum Gasteiger partial charge on any atom is -0.465 e. The number of anilines is 1. The van der Waals surface area contributed by atoms with Gasteiger partial charge < -0.3 is 14.1 Å². The van der Waals surface area contributed by atoms with Gasteiger partial charge in [-0.3, -0.25) is 0 Å². The largest absolute Gasteiger partial charge is 0.465 e. The number of methoxy groups -OCH3 is 1.